The van der Waals surface area contributed by atoms with E-state index in [4.69, 9.17) is 9.26 Å². The van der Waals surface area contributed by atoms with E-state index in [1.807, 2.05) is 38.1 Å². The number of rotatable bonds is 9. The third-order valence-corrected chi connectivity index (χ3v) is 4.31. The van der Waals surface area contributed by atoms with Crippen LogP contribution in [-0.2, 0) is 19.4 Å². The van der Waals surface area contributed by atoms with Crippen LogP contribution in [0.3, 0.4) is 0 Å². The molecule has 0 aliphatic heterocycles. The lowest BCUT2D eigenvalue weighted by Crippen LogP contribution is -2.39. The predicted octanol–water partition coefficient (Wildman–Crippen LogP) is 2.60. The number of guanidine groups is 1. The lowest BCUT2D eigenvalue weighted by molar-refractivity contribution is 0.180. The first kappa shape index (κ1) is 20.8. The molecule has 1 aromatic carbocycles. The van der Waals surface area contributed by atoms with Crippen LogP contribution < -0.4 is 15.4 Å². The Morgan fingerprint density at radius 3 is 2.52 bits per heavy atom. The second-order valence-corrected chi connectivity index (χ2v) is 6.10. The van der Waals surface area contributed by atoms with E-state index in [2.05, 4.69) is 27.7 Å². The van der Waals surface area contributed by atoms with E-state index in [0.717, 1.165) is 47.7 Å². The van der Waals surface area contributed by atoms with E-state index >= 15 is 0 Å². The molecule has 0 bridgehead atoms. The molecule has 0 amide bonds. The normalized spacial score (nSPS) is 12.7. The summed E-state index contributed by atoms with van der Waals surface area (Å²) in [6.45, 7) is 7.68. The molecule has 1 atom stereocenters. The first-order valence-electron chi connectivity index (χ1n) is 9.43. The molecular formula is C20H30N4O3. The maximum Gasteiger partial charge on any atom is 0.191 e. The molecule has 1 aromatic heterocycles. The van der Waals surface area contributed by atoms with Crippen LogP contribution in [0.1, 0.15) is 49.5 Å². The summed E-state index contributed by atoms with van der Waals surface area (Å²) >= 11 is 0. The average molecular weight is 374 g/mol. The molecule has 2 aromatic rings. The van der Waals surface area contributed by atoms with Crippen LogP contribution in [0.2, 0.25) is 0 Å². The van der Waals surface area contributed by atoms with Crippen molar-refractivity contribution in [1.29, 1.82) is 0 Å². The third kappa shape index (κ3) is 5.72. The zero-order valence-corrected chi connectivity index (χ0v) is 16.6. The zero-order chi connectivity index (χ0) is 19.6. The molecule has 27 heavy (non-hydrogen) atoms. The van der Waals surface area contributed by atoms with Crippen molar-refractivity contribution in [3.8, 4) is 5.75 Å². The molecular weight excluding hydrogens is 344 g/mol. The number of aryl methyl sites for hydroxylation is 2. The second-order valence-electron chi connectivity index (χ2n) is 6.10. The maximum absolute atomic E-state index is 10.4. The van der Waals surface area contributed by atoms with Crippen molar-refractivity contribution in [2.24, 2.45) is 4.99 Å². The number of aliphatic hydroxyl groups is 1. The van der Waals surface area contributed by atoms with Crippen LogP contribution >= 0.6 is 0 Å². The SMILES string of the molecule is CCNC(=NCc1c(CC)noc1CC)NCC(O)c1ccc(OC)cc1. The summed E-state index contributed by atoms with van der Waals surface area (Å²) < 4.78 is 10.5. The van der Waals surface area contributed by atoms with E-state index in [9.17, 15) is 5.11 Å². The van der Waals surface area contributed by atoms with Gasteiger partial charge < -0.3 is 25.0 Å². The first-order chi connectivity index (χ1) is 13.1. The monoisotopic (exact) mass is 374 g/mol. The van der Waals surface area contributed by atoms with Crippen LogP contribution in [0.25, 0.3) is 0 Å². The minimum atomic E-state index is -0.646. The van der Waals surface area contributed by atoms with Crippen LogP contribution in [0.5, 0.6) is 5.75 Å². The van der Waals surface area contributed by atoms with Gasteiger partial charge in [-0.15, -0.1) is 0 Å². The fourth-order valence-corrected chi connectivity index (χ4v) is 2.75. The van der Waals surface area contributed by atoms with Crippen molar-refractivity contribution in [1.82, 2.24) is 15.8 Å². The highest BCUT2D eigenvalue weighted by Crippen LogP contribution is 2.18. The quantitative estimate of drug-likeness (QED) is 0.462. The number of methoxy groups -OCH3 is 1. The van der Waals surface area contributed by atoms with Crippen molar-refractivity contribution in [2.45, 2.75) is 46.3 Å². The topological polar surface area (TPSA) is 91.9 Å². The molecule has 0 fully saturated rings. The predicted molar refractivity (Wildman–Crippen MR) is 106 cm³/mol. The van der Waals surface area contributed by atoms with E-state index in [1.165, 1.54) is 0 Å². The molecule has 0 saturated heterocycles. The fourth-order valence-electron chi connectivity index (χ4n) is 2.75. The molecule has 0 radical (unpaired) electrons. The summed E-state index contributed by atoms with van der Waals surface area (Å²) in [6, 6.07) is 7.38. The number of hydrogen-bond acceptors (Lipinski definition) is 5. The van der Waals surface area contributed by atoms with Crippen molar-refractivity contribution in [3.05, 3.63) is 46.8 Å². The Kier molecular flexibility index (Phi) is 8.13. The molecule has 1 heterocycles. The highest BCUT2D eigenvalue weighted by molar-refractivity contribution is 5.79. The number of benzene rings is 1. The summed E-state index contributed by atoms with van der Waals surface area (Å²) in [5, 5.41) is 20.9. The van der Waals surface area contributed by atoms with Crippen LogP contribution in [0, 0.1) is 0 Å². The Bertz CT molecular complexity index is 704. The molecule has 0 spiro atoms. The molecule has 1 unspecified atom stereocenters. The van der Waals surface area contributed by atoms with E-state index in [1.54, 1.807) is 7.11 Å². The lowest BCUT2D eigenvalue weighted by atomic mass is 10.1. The van der Waals surface area contributed by atoms with Crippen LogP contribution in [0.4, 0.5) is 0 Å². The average Bonchev–Trinajstić information content (AvgIpc) is 3.11. The maximum atomic E-state index is 10.4. The van der Waals surface area contributed by atoms with Gasteiger partial charge in [0.25, 0.3) is 0 Å². The third-order valence-electron chi connectivity index (χ3n) is 4.31. The van der Waals surface area contributed by atoms with Gasteiger partial charge in [-0.3, -0.25) is 0 Å². The standard InChI is InChI=1S/C20H30N4O3/c1-5-17-16(19(6-2)27-24-17)12-22-20(21-7-3)23-13-18(25)14-8-10-15(26-4)11-9-14/h8-11,18,25H,5-7,12-13H2,1-4H3,(H2,21,22,23). The van der Waals surface area contributed by atoms with Gasteiger partial charge in [0.05, 0.1) is 25.5 Å². The number of aliphatic imine (C=N–C) groups is 1. The molecule has 0 aliphatic rings. The highest BCUT2D eigenvalue weighted by Gasteiger charge is 2.13. The van der Waals surface area contributed by atoms with Gasteiger partial charge in [-0.2, -0.15) is 0 Å². The summed E-state index contributed by atoms with van der Waals surface area (Å²) in [5.74, 6) is 2.29. The molecule has 0 saturated carbocycles. The van der Waals surface area contributed by atoms with Crippen LogP contribution in [-0.4, -0.2) is 36.4 Å². The van der Waals surface area contributed by atoms with Gasteiger partial charge in [0.2, 0.25) is 0 Å². The number of hydrogen-bond donors (Lipinski definition) is 3. The second kappa shape index (κ2) is 10.6. The Balaban J connectivity index is 2.01. The van der Waals surface area contributed by atoms with Crippen molar-refractivity contribution in [2.75, 3.05) is 20.2 Å². The van der Waals surface area contributed by atoms with Gasteiger partial charge >= 0.3 is 0 Å². The number of ether oxygens (including phenoxy) is 1. The number of aromatic nitrogens is 1. The van der Waals surface area contributed by atoms with Gasteiger partial charge in [0.1, 0.15) is 11.5 Å². The summed E-state index contributed by atoms with van der Waals surface area (Å²) in [6.07, 6.45) is 0.958. The van der Waals surface area contributed by atoms with Gasteiger partial charge in [-0.1, -0.05) is 31.1 Å². The molecule has 0 aliphatic carbocycles. The van der Waals surface area contributed by atoms with Gasteiger partial charge in [0.15, 0.2) is 5.96 Å². The van der Waals surface area contributed by atoms with E-state index in [0.29, 0.717) is 19.0 Å². The van der Waals surface area contributed by atoms with Crippen molar-refractivity contribution < 1.29 is 14.4 Å². The Morgan fingerprint density at radius 1 is 1.19 bits per heavy atom. The molecule has 7 nitrogen and oxygen atoms in total. The molecule has 7 heteroatoms. The Hall–Kier alpha value is -2.54. The minimum absolute atomic E-state index is 0.350. The largest absolute Gasteiger partial charge is 0.497 e. The Labute approximate surface area is 160 Å². The molecule has 3 N–H and O–H groups in total. The van der Waals surface area contributed by atoms with Gasteiger partial charge in [-0.05, 0) is 31.0 Å². The summed E-state index contributed by atoms with van der Waals surface area (Å²) in [7, 11) is 1.62. The van der Waals surface area contributed by atoms with Gasteiger partial charge in [0, 0.05) is 25.1 Å². The first-order valence-corrected chi connectivity index (χ1v) is 9.43. The van der Waals surface area contributed by atoms with Crippen molar-refractivity contribution >= 4 is 5.96 Å². The van der Waals surface area contributed by atoms with E-state index in [-0.39, 0.29) is 0 Å². The minimum Gasteiger partial charge on any atom is -0.497 e. The summed E-state index contributed by atoms with van der Waals surface area (Å²) in [4.78, 5) is 4.63. The highest BCUT2D eigenvalue weighted by atomic mass is 16.5. The summed E-state index contributed by atoms with van der Waals surface area (Å²) in [5.41, 5.74) is 2.82. The number of nitrogens with one attached hydrogen (secondary N) is 2. The van der Waals surface area contributed by atoms with Crippen LogP contribution in [0.15, 0.2) is 33.8 Å². The number of aliphatic hydroxyl groups excluding tert-OH is 1. The van der Waals surface area contributed by atoms with Gasteiger partial charge in [-0.25, -0.2) is 4.99 Å². The smallest absolute Gasteiger partial charge is 0.191 e. The fraction of sp³-hybridized carbons (Fsp3) is 0.500. The molecule has 148 valence electrons. The molecule has 2 rings (SSSR count). The number of nitrogens with zero attached hydrogens (tertiary/aromatic N) is 2. The zero-order valence-electron chi connectivity index (χ0n) is 16.6. The Morgan fingerprint density at radius 2 is 1.93 bits per heavy atom. The lowest BCUT2D eigenvalue weighted by Gasteiger charge is -2.16. The van der Waals surface area contributed by atoms with E-state index < -0.39 is 6.10 Å². The van der Waals surface area contributed by atoms with Crippen molar-refractivity contribution in [3.63, 3.8) is 0 Å².